The quantitative estimate of drug-likeness (QED) is 0.453. The van der Waals surface area contributed by atoms with Crippen LogP contribution in [0.3, 0.4) is 0 Å². The van der Waals surface area contributed by atoms with Crippen molar-refractivity contribution in [2.24, 2.45) is 0 Å². The van der Waals surface area contributed by atoms with Gasteiger partial charge < -0.3 is 9.80 Å². The Morgan fingerprint density at radius 1 is 0.935 bits per heavy atom. The molecule has 3 heterocycles. The summed E-state index contributed by atoms with van der Waals surface area (Å²) in [6.45, 7) is 6.22. The minimum atomic E-state index is -0.0375. The third kappa shape index (κ3) is 3.49. The summed E-state index contributed by atoms with van der Waals surface area (Å²) in [5, 5.41) is 2.59. The maximum Gasteiger partial charge on any atom is 0.246 e. The average Bonchev–Trinajstić information content (AvgIpc) is 2.82. The molecular formula is C24H20ClN5O. The number of fused-ring (bicyclic) bond motifs is 2. The molecule has 0 atom stereocenters. The Labute approximate surface area is 184 Å². The van der Waals surface area contributed by atoms with E-state index in [-0.39, 0.29) is 5.91 Å². The fraction of sp³-hybridized carbons (Fsp3) is 0.167. The molecule has 0 spiro atoms. The first kappa shape index (κ1) is 19.5. The molecule has 1 saturated heterocycles. The van der Waals surface area contributed by atoms with Crippen molar-refractivity contribution in [2.75, 3.05) is 31.1 Å². The van der Waals surface area contributed by atoms with Crippen molar-refractivity contribution in [3.63, 3.8) is 0 Å². The Balaban J connectivity index is 1.55. The highest BCUT2D eigenvalue weighted by Gasteiger charge is 2.22. The number of benzene rings is 2. The van der Waals surface area contributed by atoms with E-state index in [2.05, 4.69) is 32.5 Å². The molecule has 2 aromatic carbocycles. The van der Waals surface area contributed by atoms with Crippen LogP contribution in [-0.2, 0) is 4.79 Å². The molecule has 1 fully saturated rings. The van der Waals surface area contributed by atoms with Crippen molar-refractivity contribution in [3.05, 3.63) is 72.7 Å². The Bertz CT molecular complexity index is 1310. The van der Waals surface area contributed by atoms with Gasteiger partial charge in [-0.25, -0.2) is 9.97 Å². The second kappa shape index (κ2) is 7.96. The van der Waals surface area contributed by atoms with Gasteiger partial charge in [0.25, 0.3) is 0 Å². The number of amides is 1. The average molecular weight is 430 g/mol. The molecule has 0 radical (unpaired) electrons. The van der Waals surface area contributed by atoms with Gasteiger partial charge in [0.1, 0.15) is 12.1 Å². The maximum absolute atomic E-state index is 11.9. The third-order valence-electron chi connectivity index (χ3n) is 5.70. The van der Waals surface area contributed by atoms with Crippen LogP contribution < -0.4 is 4.90 Å². The number of piperazine rings is 1. The predicted molar refractivity (Wildman–Crippen MR) is 124 cm³/mol. The molecule has 4 aromatic rings. The van der Waals surface area contributed by atoms with Crippen LogP contribution in [0.1, 0.15) is 0 Å². The van der Waals surface area contributed by atoms with Crippen molar-refractivity contribution in [1.82, 2.24) is 19.9 Å². The second-order valence-corrected chi connectivity index (χ2v) is 7.85. The van der Waals surface area contributed by atoms with E-state index in [1.54, 1.807) is 17.4 Å². The number of pyridine rings is 1. The Hall–Kier alpha value is -3.51. The van der Waals surface area contributed by atoms with E-state index in [1.807, 2.05) is 36.4 Å². The van der Waals surface area contributed by atoms with E-state index in [9.17, 15) is 4.79 Å². The monoisotopic (exact) mass is 429 g/mol. The zero-order valence-corrected chi connectivity index (χ0v) is 17.6. The van der Waals surface area contributed by atoms with Gasteiger partial charge >= 0.3 is 0 Å². The molecule has 0 bridgehead atoms. The van der Waals surface area contributed by atoms with Crippen LogP contribution >= 0.6 is 11.6 Å². The van der Waals surface area contributed by atoms with Gasteiger partial charge in [0.15, 0.2) is 0 Å². The molecule has 0 N–H and O–H groups in total. The van der Waals surface area contributed by atoms with Gasteiger partial charge in [0, 0.05) is 53.7 Å². The molecule has 2 aromatic heterocycles. The van der Waals surface area contributed by atoms with E-state index >= 15 is 0 Å². The lowest BCUT2D eigenvalue weighted by atomic mass is 9.99. The third-order valence-corrected chi connectivity index (χ3v) is 6.02. The van der Waals surface area contributed by atoms with Crippen LogP contribution in [-0.4, -0.2) is 51.9 Å². The van der Waals surface area contributed by atoms with Crippen LogP contribution in [0.15, 0.2) is 67.6 Å². The lowest BCUT2D eigenvalue weighted by Crippen LogP contribution is -2.48. The van der Waals surface area contributed by atoms with Gasteiger partial charge in [-0.1, -0.05) is 36.4 Å². The van der Waals surface area contributed by atoms with E-state index in [1.165, 1.54) is 6.08 Å². The normalized spacial score (nSPS) is 14.2. The maximum atomic E-state index is 11.9. The van der Waals surface area contributed by atoms with Gasteiger partial charge in [-0.2, -0.15) is 0 Å². The first-order valence-corrected chi connectivity index (χ1v) is 10.5. The van der Waals surface area contributed by atoms with Crippen molar-refractivity contribution >= 4 is 45.1 Å². The van der Waals surface area contributed by atoms with E-state index < -0.39 is 0 Å². The van der Waals surface area contributed by atoms with E-state index in [0.29, 0.717) is 31.2 Å². The standard InChI is InChI=1S/C24H20ClN5O/c1-2-23(31)29-9-11-30(12-10-29)24-19-13-20(25)18(14-22(19)27-15-28-24)16-5-3-7-21-17(16)6-4-8-26-21/h2-8,13-15H,1,9-12H2. The van der Waals surface area contributed by atoms with Gasteiger partial charge in [-0.05, 0) is 35.9 Å². The number of halogens is 1. The number of aromatic nitrogens is 3. The summed E-state index contributed by atoms with van der Waals surface area (Å²) in [5.41, 5.74) is 3.69. The summed E-state index contributed by atoms with van der Waals surface area (Å²) in [4.78, 5) is 29.3. The Morgan fingerprint density at radius 3 is 2.58 bits per heavy atom. The minimum absolute atomic E-state index is 0.0375. The fourth-order valence-corrected chi connectivity index (χ4v) is 4.39. The topological polar surface area (TPSA) is 62.2 Å². The molecule has 0 saturated carbocycles. The van der Waals surface area contributed by atoms with Crippen LogP contribution in [0.5, 0.6) is 0 Å². The molecule has 6 nitrogen and oxygen atoms in total. The number of carbonyl (C=O) groups is 1. The lowest BCUT2D eigenvalue weighted by molar-refractivity contribution is -0.126. The highest BCUT2D eigenvalue weighted by atomic mass is 35.5. The molecule has 0 aliphatic carbocycles. The summed E-state index contributed by atoms with van der Waals surface area (Å²) in [6.07, 6.45) is 4.73. The molecule has 31 heavy (non-hydrogen) atoms. The zero-order valence-electron chi connectivity index (χ0n) is 16.8. The van der Waals surface area contributed by atoms with Crippen molar-refractivity contribution < 1.29 is 4.79 Å². The van der Waals surface area contributed by atoms with E-state index in [4.69, 9.17) is 11.6 Å². The van der Waals surface area contributed by atoms with Gasteiger partial charge in [0.05, 0.1) is 11.0 Å². The van der Waals surface area contributed by atoms with Gasteiger partial charge in [0.2, 0.25) is 5.91 Å². The number of carbonyl (C=O) groups excluding carboxylic acids is 1. The van der Waals surface area contributed by atoms with Crippen molar-refractivity contribution in [2.45, 2.75) is 0 Å². The van der Waals surface area contributed by atoms with Crippen LogP contribution in [0.2, 0.25) is 5.02 Å². The first-order chi connectivity index (χ1) is 15.2. The molecule has 5 rings (SSSR count). The summed E-state index contributed by atoms with van der Waals surface area (Å²) in [5.74, 6) is 0.799. The molecule has 1 amide bonds. The highest BCUT2D eigenvalue weighted by Crippen LogP contribution is 2.37. The van der Waals surface area contributed by atoms with Crippen molar-refractivity contribution in [3.8, 4) is 11.1 Å². The minimum Gasteiger partial charge on any atom is -0.352 e. The number of nitrogens with zero attached hydrogens (tertiary/aromatic N) is 5. The van der Waals surface area contributed by atoms with Crippen molar-refractivity contribution in [1.29, 1.82) is 0 Å². The summed E-state index contributed by atoms with van der Waals surface area (Å²) < 4.78 is 0. The molecule has 1 aliphatic rings. The SMILES string of the molecule is C=CC(=O)N1CCN(c2ncnc3cc(-c4cccc5ncccc45)c(Cl)cc23)CC1. The summed E-state index contributed by atoms with van der Waals surface area (Å²) in [6, 6.07) is 14.0. The number of hydrogen-bond acceptors (Lipinski definition) is 5. The fourth-order valence-electron chi connectivity index (χ4n) is 4.13. The van der Waals surface area contributed by atoms with Crippen LogP contribution in [0.25, 0.3) is 32.9 Å². The molecule has 1 aliphatic heterocycles. The van der Waals surface area contributed by atoms with Gasteiger partial charge in [-0.3, -0.25) is 9.78 Å². The Kier molecular flexibility index (Phi) is 5.00. The lowest BCUT2D eigenvalue weighted by Gasteiger charge is -2.35. The van der Waals surface area contributed by atoms with Crippen LogP contribution in [0.4, 0.5) is 5.82 Å². The molecule has 7 heteroatoms. The molecule has 0 unspecified atom stereocenters. The molecule has 154 valence electrons. The number of hydrogen-bond donors (Lipinski definition) is 0. The summed E-state index contributed by atoms with van der Waals surface area (Å²) >= 11 is 6.77. The number of rotatable bonds is 3. The smallest absolute Gasteiger partial charge is 0.246 e. The second-order valence-electron chi connectivity index (χ2n) is 7.44. The zero-order chi connectivity index (χ0) is 21.4. The van der Waals surface area contributed by atoms with E-state index in [0.717, 1.165) is 38.8 Å². The Morgan fingerprint density at radius 2 is 1.77 bits per heavy atom. The largest absolute Gasteiger partial charge is 0.352 e. The van der Waals surface area contributed by atoms with Crippen LogP contribution in [0, 0.1) is 0 Å². The number of anilines is 1. The highest BCUT2D eigenvalue weighted by molar-refractivity contribution is 6.34. The summed E-state index contributed by atoms with van der Waals surface area (Å²) in [7, 11) is 0. The molecular weight excluding hydrogens is 410 g/mol. The first-order valence-electron chi connectivity index (χ1n) is 10.1. The predicted octanol–water partition coefficient (Wildman–Crippen LogP) is 4.33. The van der Waals surface area contributed by atoms with Gasteiger partial charge in [-0.15, -0.1) is 0 Å².